The Labute approximate surface area is 116 Å². The highest BCUT2D eigenvalue weighted by Crippen LogP contribution is 2.25. The van der Waals surface area contributed by atoms with Crippen molar-refractivity contribution in [1.29, 1.82) is 0 Å². The fourth-order valence-corrected chi connectivity index (χ4v) is 1.76. The van der Waals surface area contributed by atoms with Crippen LogP contribution in [0.5, 0.6) is 11.5 Å². The van der Waals surface area contributed by atoms with E-state index in [0.717, 1.165) is 11.3 Å². The number of carbonyl (C=O) groups excluding carboxylic acids is 1. The van der Waals surface area contributed by atoms with E-state index in [1.165, 1.54) is 19.2 Å². The maximum absolute atomic E-state index is 11.4. The van der Waals surface area contributed by atoms with E-state index < -0.39 is 5.97 Å². The minimum absolute atomic E-state index is 0.151. The van der Waals surface area contributed by atoms with Crippen LogP contribution >= 0.6 is 0 Å². The molecule has 5 heteroatoms. The van der Waals surface area contributed by atoms with Crippen molar-refractivity contribution in [3.05, 3.63) is 53.6 Å². The zero-order valence-corrected chi connectivity index (χ0v) is 11.0. The summed E-state index contributed by atoms with van der Waals surface area (Å²) in [7, 11) is 1.33. The number of rotatable bonds is 4. The molecule has 0 saturated carbocycles. The smallest absolute Gasteiger partial charge is 0.337 e. The molecule has 0 aromatic heterocycles. The van der Waals surface area contributed by atoms with Crippen molar-refractivity contribution in [2.45, 2.75) is 6.54 Å². The second kappa shape index (κ2) is 5.97. The molecule has 104 valence electrons. The van der Waals surface area contributed by atoms with Gasteiger partial charge in [0.15, 0.2) is 11.5 Å². The molecule has 0 spiro atoms. The quantitative estimate of drug-likeness (QED) is 0.589. The largest absolute Gasteiger partial charge is 0.504 e. The third-order valence-corrected chi connectivity index (χ3v) is 2.82. The van der Waals surface area contributed by atoms with E-state index in [2.05, 4.69) is 10.1 Å². The lowest BCUT2D eigenvalue weighted by atomic mass is 10.1. The first-order valence-electron chi connectivity index (χ1n) is 6.03. The normalized spacial score (nSPS) is 10.1. The van der Waals surface area contributed by atoms with E-state index in [1.54, 1.807) is 24.3 Å². The molecule has 20 heavy (non-hydrogen) atoms. The van der Waals surface area contributed by atoms with E-state index in [1.807, 2.05) is 6.07 Å². The van der Waals surface area contributed by atoms with E-state index in [0.29, 0.717) is 12.1 Å². The van der Waals surface area contributed by atoms with Crippen LogP contribution in [0, 0.1) is 0 Å². The molecule has 0 aliphatic heterocycles. The van der Waals surface area contributed by atoms with Gasteiger partial charge in [-0.15, -0.1) is 0 Å². The second-order valence-electron chi connectivity index (χ2n) is 4.25. The standard InChI is InChI=1S/C15H15NO4/c1-20-15(19)11-3-2-4-12(8-11)16-9-10-5-6-13(17)14(18)7-10/h2-8,16-18H,9H2,1H3. The summed E-state index contributed by atoms with van der Waals surface area (Å²) in [5, 5.41) is 21.8. The van der Waals surface area contributed by atoms with Crippen LogP contribution in [-0.2, 0) is 11.3 Å². The van der Waals surface area contributed by atoms with Crippen LogP contribution < -0.4 is 5.32 Å². The van der Waals surface area contributed by atoms with Gasteiger partial charge in [0, 0.05) is 12.2 Å². The van der Waals surface area contributed by atoms with E-state index in [4.69, 9.17) is 0 Å². The summed E-state index contributed by atoms with van der Waals surface area (Å²) < 4.78 is 4.66. The molecule has 0 unspecified atom stereocenters. The maximum atomic E-state index is 11.4. The van der Waals surface area contributed by atoms with Gasteiger partial charge in [-0.3, -0.25) is 0 Å². The van der Waals surface area contributed by atoms with Crippen LogP contribution in [-0.4, -0.2) is 23.3 Å². The number of carbonyl (C=O) groups is 1. The lowest BCUT2D eigenvalue weighted by Gasteiger charge is -2.08. The summed E-state index contributed by atoms with van der Waals surface area (Å²) in [6, 6.07) is 11.5. The first-order valence-corrected chi connectivity index (χ1v) is 6.03. The van der Waals surface area contributed by atoms with Crippen molar-refractivity contribution < 1.29 is 19.7 Å². The minimum Gasteiger partial charge on any atom is -0.504 e. The third-order valence-electron chi connectivity index (χ3n) is 2.82. The van der Waals surface area contributed by atoms with Gasteiger partial charge in [-0.1, -0.05) is 12.1 Å². The second-order valence-corrected chi connectivity index (χ2v) is 4.25. The zero-order chi connectivity index (χ0) is 14.5. The van der Waals surface area contributed by atoms with Crippen molar-refractivity contribution >= 4 is 11.7 Å². The predicted octanol–water partition coefficient (Wildman–Crippen LogP) is 2.50. The number of ether oxygens (including phenoxy) is 1. The summed E-state index contributed by atoms with van der Waals surface area (Å²) in [6.07, 6.45) is 0. The number of esters is 1. The van der Waals surface area contributed by atoms with Gasteiger partial charge >= 0.3 is 5.97 Å². The van der Waals surface area contributed by atoms with Crippen LogP contribution in [0.1, 0.15) is 15.9 Å². The maximum Gasteiger partial charge on any atom is 0.337 e. The lowest BCUT2D eigenvalue weighted by molar-refractivity contribution is 0.0601. The van der Waals surface area contributed by atoms with Crippen molar-refractivity contribution in [2.24, 2.45) is 0 Å². The molecule has 5 nitrogen and oxygen atoms in total. The fourth-order valence-electron chi connectivity index (χ4n) is 1.76. The van der Waals surface area contributed by atoms with Crippen molar-refractivity contribution in [1.82, 2.24) is 0 Å². The molecule has 0 radical (unpaired) electrons. The van der Waals surface area contributed by atoms with Crippen LogP contribution in [0.3, 0.4) is 0 Å². The van der Waals surface area contributed by atoms with Gasteiger partial charge in [0.1, 0.15) is 0 Å². The Morgan fingerprint density at radius 1 is 1.15 bits per heavy atom. The van der Waals surface area contributed by atoms with Gasteiger partial charge in [-0.25, -0.2) is 4.79 Å². The fraction of sp³-hybridized carbons (Fsp3) is 0.133. The Balaban J connectivity index is 2.07. The molecular formula is C15H15NO4. The molecule has 0 aliphatic carbocycles. The molecule has 2 aromatic carbocycles. The van der Waals surface area contributed by atoms with Crippen LogP contribution in [0.15, 0.2) is 42.5 Å². The van der Waals surface area contributed by atoms with E-state index in [-0.39, 0.29) is 11.5 Å². The average Bonchev–Trinajstić information content (AvgIpc) is 2.48. The van der Waals surface area contributed by atoms with Gasteiger partial charge in [0.05, 0.1) is 12.7 Å². The molecule has 0 atom stereocenters. The highest BCUT2D eigenvalue weighted by atomic mass is 16.5. The molecule has 2 rings (SSSR count). The lowest BCUT2D eigenvalue weighted by Crippen LogP contribution is -2.03. The van der Waals surface area contributed by atoms with Crippen molar-refractivity contribution in [3.63, 3.8) is 0 Å². The van der Waals surface area contributed by atoms with Crippen molar-refractivity contribution in [2.75, 3.05) is 12.4 Å². The molecule has 0 saturated heterocycles. The molecule has 0 bridgehead atoms. The van der Waals surface area contributed by atoms with Crippen LogP contribution in [0.4, 0.5) is 5.69 Å². The summed E-state index contributed by atoms with van der Waals surface area (Å²) in [5.74, 6) is -0.704. The molecule has 0 fully saturated rings. The van der Waals surface area contributed by atoms with Gasteiger partial charge < -0.3 is 20.3 Å². The number of methoxy groups -OCH3 is 1. The zero-order valence-electron chi connectivity index (χ0n) is 11.0. The predicted molar refractivity (Wildman–Crippen MR) is 74.9 cm³/mol. The number of phenolic OH excluding ortho intramolecular Hbond substituents is 2. The van der Waals surface area contributed by atoms with E-state index >= 15 is 0 Å². The number of benzene rings is 2. The third kappa shape index (κ3) is 3.20. The monoisotopic (exact) mass is 273 g/mol. The average molecular weight is 273 g/mol. The summed E-state index contributed by atoms with van der Waals surface area (Å²) in [4.78, 5) is 11.4. The number of nitrogens with one attached hydrogen (secondary N) is 1. The summed E-state index contributed by atoms with van der Waals surface area (Å²) in [6.45, 7) is 0.457. The van der Waals surface area contributed by atoms with Crippen LogP contribution in [0.2, 0.25) is 0 Å². The highest BCUT2D eigenvalue weighted by Gasteiger charge is 2.06. The van der Waals surface area contributed by atoms with Crippen LogP contribution in [0.25, 0.3) is 0 Å². The Morgan fingerprint density at radius 2 is 1.95 bits per heavy atom. The Hall–Kier alpha value is -2.69. The molecule has 2 aromatic rings. The first-order chi connectivity index (χ1) is 9.60. The van der Waals surface area contributed by atoms with Crippen molar-refractivity contribution in [3.8, 4) is 11.5 Å². The topological polar surface area (TPSA) is 78.8 Å². The minimum atomic E-state index is -0.393. The summed E-state index contributed by atoms with van der Waals surface area (Å²) in [5.41, 5.74) is 2.04. The Bertz CT molecular complexity index is 625. The first kappa shape index (κ1) is 13.7. The number of aromatic hydroxyl groups is 2. The Morgan fingerprint density at radius 3 is 2.65 bits per heavy atom. The summed E-state index contributed by atoms with van der Waals surface area (Å²) >= 11 is 0. The number of anilines is 1. The molecular weight excluding hydrogens is 258 g/mol. The molecule has 3 N–H and O–H groups in total. The number of hydrogen-bond donors (Lipinski definition) is 3. The molecule has 0 amide bonds. The highest BCUT2D eigenvalue weighted by molar-refractivity contribution is 5.90. The molecule has 0 heterocycles. The van der Waals surface area contributed by atoms with Gasteiger partial charge in [-0.2, -0.15) is 0 Å². The molecule has 0 aliphatic rings. The number of phenols is 2. The van der Waals surface area contributed by atoms with Gasteiger partial charge in [-0.05, 0) is 35.9 Å². The number of hydrogen-bond acceptors (Lipinski definition) is 5. The Kier molecular flexibility index (Phi) is 4.10. The SMILES string of the molecule is COC(=O)c1cccc(NCc2ccc(O)c(O)c2)c1. The van der Waals surface area contributed by atoms with E-state index in [9.17, 15) is 15.0 Å². The van der Waals surface area contributed by atoms with Gasteiger partial charge in [0.2, 0.25) is 0 Å². The van der Waals surface area contributed by atoms with Gasteiger partial charge in [0.25, 0.3) is 0 Å².